The Kier molecular flexibility index (Phi) is 2.89. The number of hydrogen-bond acceptors (Lipinski definition) is 4. The number of nitrogens with zero attached hydrogens (tertiary/aromatic N) is 2. The maximum absolute atomic E-state index is 5.94. The average Bonchev–Trinajstić information content (AvgIpc) is 3.22. The summed E-state index contributed by atoms with van der Waals surface area (Å²) < 4.78 is 5.94. The number of nitrogens with one attached hydrogen (secondary N) is 1. The van der Waals surface area contributed by atoms with Gasteiger partial charge < -0.3 is 10.1 Å². The van der Waals surface area contributed by atoms with Gasteiger partial charge >= 0.3 is 0 Å². The van der Waals surface area contributed by atoms with Crippen molar-refractivity contribution in [3.05, 3.63) is 53.6 Å². The van der Waals surface area contributed by atoms with Crippen molar-refractivity contribution in [2.45, 2.75) is 38.0 Å². The number of ether oxygens (including phenoxy) is 1. The fourth-order valence-electron chi connectivity index (χ4n) is 2.53. The highest BCUT2D eigenvalue weighted by molar-refractivity contribution is 5.38. The minimum Gasteiger partial charge on any atom is -0.482 e. The number of aromatic nitrogens is 2. The number of benzene rings is 1. The average molecular weight is 267 g/mol. The molecule has 0 saturated heterocycles. The minimum absolute atomic E-state index is 0.0479. The first-order chi connectivity index (χ1) is 9.88. The number of para-hydroxylation sites is 1. The summed E-state index contributed by atoms with van der Waals surface area (Å²) in [5.41, 5.74) is 2.28. The van der Waals surface area contributed by atoms with Gasteiger partial charge in [0.15, 0.2) is 11.9 Å². The Hall–Kier alpha value is -1.94. The molecule has 1 atom stereocenters. The Bertz CT molecular complexity index is 600. The Labute approximate surface area is 118 Å². The number of fused-ring (bicyclic) bond motifs is 1. The standard InChI is InChI=1S/C16H17N3O/c1-2-4-14-11(3-1)9-15(20-14)16-17-8-7-13(19-16)10-18-12-5-6-12/h1-4,7-8,12,15,18H,5-6,9-10H2. The topological polar surface area (TPSA) is 47.0 Å². The summed E-state index contributed by atoms with van der Waals surface area (Å²) in [6.07, 6.45) is 5.22. The van der Waals surface area contributed by atoms with Crippen molar-refractivity contribution in [2.75, 3.05) is 0 Å². The zero-order chi connectivity index (χ0) is 13.4. The third kappa shape index (κ3) is 2.39. The first kappa shape index (κ1) is 11.9. The Balaban J connectivity index is 1.50. The fraction of sp³-hybridized carbons (Fsp3) is 0.375. The summed E-state index contributed by atoms with van der Waals surface area (Å²) >= 11 is 0. The second-order valence-electron chi connectivity index (χ2n) is 5.48. The van der Waals surface area contributed by atoms with Crippen LogP contribution in [0.3, 0.4) is 0 Å². The van der Waals surface area contributed by atoms with Crippen LogP contribution in [0, 0.1) is 0 Å². The van der Waals surface area contributed by atoms with Crippen LogP contribution in [0.15, 0.2) is 36.5 Å². The fourth-order valence-corrected chi connectivity index (χ4v) is 2.53. The molecule has 20 heavy (non-hydrogen) atoms. The summed E-state index contributed by atoms with van der Waals surface area (Å²) in [6, 6.07) is 10.8. The Morgan fingerprint density at radius 2 is 2.10 bits per heavy atom. The molecule has 2 heterocycles. The van der Waals surface area contributed by atoms with Crippen LogP contribution in [0.1, 0.15) is 36.0 Å². The van der Waals surface area contributed by atoms with Crippen LogP contribution >= 0.6 is 0 Å². The molecular formula is C16H17N3O. The monoisotopic (exact) mass is 267 g/mol. The largest absolute Gasteiger partial charge is 0.482 e. The van der Waals surface area contributed by atoms with Crippen molar-refractivity contribution in [3.63, 3.8) is 0 Å². The van der Waals surface area contributed by atoms with Gasteiger partial charge in [-0.25, -0.2) is 9.97 Å². The highest BCUT2D eigenvalue weighted by Gasteiger charge is 2.26. The molecule has 0 amide bonds. The molecule has 1 fully saturated rings. The quantitative estimate of drug-likeness (QED) is 0.924. The van der Waals surface area contributed by atoms with E-state index in [1.165, 1.54) is 18.4 Å². The molecule has 1 aromatic carbocycles. The molecule has 0 spiro atoms. The van der Waals surface area contributed by atoms with Gasteiger partial charge in [0.2, 0.25) is 0 Å². The van der Waals surface area contributed by atoms with Crippen LogP contribution in [-0.4, -0.2) is 16.0 Å². The summed E-state index contributed by atoms with van der Waals surface area (Å²) in [6.45, 7) is 0.819. The molecule has 4 rings (SSSR count). The lowest BCUT2D eigenvalue weighted by molar-refractivity contribution is 0.227. The van der Waals surface area contributed by atoms with Crippen LogP contribution in [0.5, 0.6) is 5.75 Å². The first-order valence-electron chi connectivity index (χ1n) is 7.18. The Morgan fingerprint density at radius 3 is 2.95 bits per heavy atom. The molecule has 2 aromatic rings. The van der Waals surface area contributed by atoms with E-state index in [9.17, 15) is 0 Å². The van der Waals surface area contributed by atoms with Gasteiger partial charge in [-0.05, 0) is 30.5 Å². The van der Waals surface area contributed by atoms with Crippen molar-refractivity contribution >= 4 is 0 Å². The van der Waals surface area contributed by atoms with Gasteiger partial charge in [0, 0.05) is 25.2 Å². The van der Waals surface area contributed by atoms with Crippen molar-refractivity contribution in [1.29, 1.82) is 0 Å². The molecule has 102 valence electrons. The second-order valence-corrected chi connectivity index (χ2v) is 5.48. The highest BCUT2D eigenvalue weighted by Crippen LogP contribution is 2.34. The van der Waals surface area contributed by atoms with E-state index in [-0.39, 0.29) is 6.10 Å². The van der Waals surface area contributed by atoms with E-state index in [4.69, 9.17) is 4.74 Å². The second kappa shape index (κ2) is 4.87. The Morgan fingerprint density at radius 1 is 1.20 bits per heavy atom. The van der Waals surface area contributed by atoms with Gasteiger partial charge in [0.05, 0.1) is 5.69 Å². The molecule has 1 unspecified atom stereocenters. The number of hydrogen-bond donors (Lipinski definition) is 1. The molecule has 1 N–H and O–H groups in total. The van der Waals surface area contributed by atoms with E-state index in [1.54, 1.807) is 0 Å². The SMILES string of the molecule is c1ccc2c(c1)CC(c1nccc(CNC3CC3)n1)O2. The first-order valence-corrected chi connectivity index (χ1v) is 7.18. The smallest absolute Gasteiger partial charge is 0.169 e. The van der Waals surface area contributed by atoms with Crippen LogP contribution in [0.2, 0.25) is 0 Å². The lowest BCUT2D eigenvalue weighted by Crippen LogP contribution is -2.18. The molecule has 1 aromatic heterocycles. The van der Waals surface area contributed by atoms with Crippen LogP contribution in [-0.2, 0) is 13.0 Å². The predicted molar refractivity (Wildman–Crippen MR) is 75.4 cm³/mol. The van der Waals surface area contributed by atoms with Gasteiger partial charge in [-0.15, -0.1) is 0 Å². The maximum Gasteiger partial charge on any atom is 0.169 e. The zero-order valence-electron chi connectivity index (χ0n) is 11.2. The van der Waals surface area contributed by atoms with E-state index in [0.717, 1.165) is 30.2 Å². The van der Waals surface area contributed by atoms with E-state index in [2.05, 4.69) is 21.4 Å². The van der Waals surface area contributed by atoms with E-state index in [1.807, 2.05) is 30.5 Å². The third-order valence-corrected chi connectivity index (χ3v) is 3.82. The molecule has 2 aliphatic rings. The summed E-state index contributed by atoms with van der Waals surface area (Å²) in [7, 11) is 0. The molecule has 1 aliphatic heterocycles. The van der Waals surface area contributed by atoms with E-state index in [0.29, 0.717) is 6.04 Å². The van der Waals surface area contributed by atoms with Crippen molar-refractivity contribution in [2.24, 2.45) is 0 Å². The van der Waals surface area contributed by atoms with E-state index >= 15 is 0 Å². The molecule has 0 bridgehead atoms. The molecule has 1 aliphatic carbocycles. The summed E-state index contributed by atoms with van der Waals surface area (Å²) in [5, 5.41) is 3.48. The maximum atomic E-state index is 5.94. The van der Waals surface area contributed by atoms with Crippen molar-refractivity contribution < 1.29 is 4.74 Å². The van der Waals surface area contributed by atoms with Gasteiger partial charge in [0.1, 0.15) is 5.75 Å². The van der Waals surface area contributed by atoms with Crippen LogP contribution in [0.4, 0.5) is 0 Å². The van der Waals surface area contributed by atoms with Crippen molar-refractivity contribution in [3.8, 4) is 5.75 Å². The molecule has 0 radical (unpaired) electrons. The lowest BCUT2D eigenvalue weighted by Gasteiger charge is -2.10. The van der Waals surface area contributed by atoms with Gasteiger partial charge in [0.25, 0.3) is 0 Å². The minimum atomic E-state index is -0.0479. The van der Waals surface area contributed by atoms with E-state index < -0.39 is 0 Å². The van der Waals surface area contributed by atoms with Crippen LogP contribution < -0.4 is 10.1 Å². The lowest BCUT2D eigenvalue weighted by atomic mass is 10.1. The van der Waals surface area contributed by atoms with Gasteiger partial charge in [-0.2, -0.15) is 0 Å². The summed E-state index contributed by atoms with van der Waals surface area (Å²) in [4.78, 5) is 9.02. The third-order valence-electron chi connectivity index (χ3n) is 3.82. The predicted octanol–water partition coefficient (Wildman–Crippen LogP) is 2.40. The number of rotatable bonds is 4. The zero-order valence-corrected chi connectivity index (χ0v) is 11.2. The molecule has 1 saturated carbocycles. The highest BCUT2D eigenvalue weighted by atomic mass is 16.5. The molecule has 4 heteroatoms. The summed E-state index contributed by atoms with van der Waals surface area (Å²) in [5.74, 6) is 1.75. The molecular weight excluding hydrogens is 250 g/mol. The molecule has 4 nitrogen and oxygen atoms in total. The van der Waals surface area contributed by atoms with Crippen molar-refractivity contribution in [1.82, 2.24) is 15.3 Å². The van der Waals surface area contributed by atoms with Gasteiger partial charge in [-0.3, -0.25) is 0 Å². The van der Waals surface area contributed by atoms with Crippen LogP contribution in [0.25, 0.3) is 0 Å². The van der Waals surface area contributed by atoms with Gasteiger partial charge in [-0.1, -0.05) is 18.2 Å². The normalized spacial score (nSPS) is 20.5.